The lowest BCUT2D eigenvalue weighted by molar-refractivity contribution is -0.130. The number of nitrogens with zero attached hydrogens (tertiary/aromatic N) is 2. The Kier molecular flexibility index (Phi) is 5.02. The van der Waals surface area contributed by atoms with Crippen LogP contribution in [0.25, 0.3) is 10.6 Å². The molecule has 0 spiro atoms. The molecular weight excluding hydrogens is 346 g/mol. The summed E-state index contributed by atoms with van der Waals surface area (Å²) in [6.45, 7) is 0.562. The van der Waals surface area contributed by atoms with E-state index in [0.29, 0.717) is 19.0 Å². The molecule has 6 heteroatoms. The van der Waals surface area contributed by atoms with Crippen LogP contribution >= 0.6 is 11.3 Å². The lowest BCUT2D eigenvalue weighted by Crippen LogP contribution is -2.38. The number of aromatic nitrogens is 1. The fourth-order valence-electron chi connectivity index (χ4n) is 3.96. The van der Waals surface area contributed by atoms with Crippen molar-refractivity contribution in [3.8, 4) is 10.6 Å². The Labute approximate surface area is 157 Å². The van der Waals surface area contributed by atoms with Gasteiger partial charge in [-0.3, -0.25) is 9.59 Å². The molecule has 1 unspecified atom stereocenters. The van der Waals surface area contributed by atoms with Gasteiger partial charge in [0.2, 0.25) is 11.8 Å². The molecule has 1 aromatic heterocycles. The Bertz CT molecular complexity index is 767. The van der Waals surface area contributed by atoms with Crippen LogP contribution in [0.1, 0.15) is 38.5 Å². The predicted octanol–water partition coefficient (Wildman–Crippen LogP) is 3.93. The third-order valence-corrected chi connectivity index (χ3v) is 6.20. The van der Waals surface area contributed by atoms with Gasteiger partial charge in [0.25, 0.3) is 0 Å². The monoisotopic (exact) mass is 369 g/mol. The number of benzene rings is 1. The van der Waals surface area contributed by atoms with E-state index in [-0.39, 0.29) is 17.7 Å². The van der Waals surface area contributed by atoms with Gasteiger partial charge in [-0.25, -0.2) is 4.98 Å². The van der Waals surface area contributed by atoms with E-state index in [1.165, 1.54) is 19.3 Å². The van der Waals surface area contributed by atoms with Gasteiger partial charge in [0.05, 0.1) is 5.92 Å². The minimum Gasteiger partial charge on any atom is -0.339 e. The van der Waals surface area contributed by atoms with Gasteiger partial charge < -0.3 is 10.2 Å². The van der Waals surface area contributed by atoms with Crippen LogP contribution in [0.5, 0.6) is 0 Å². The van der Waals surface area contributed by atoms with Crippen molar-refractivity contribution in [1.82, 2.24) is 9.88 Å². The molecule has 2 aromatic rings. The molecule has 2 aliphatic rings. The summed E-state index contributed by atoms with van der Waals surface area (Å²) in [5, 5.41) is 5.88. The van der Waals surface area contributed by atoms with Crippen LogP contribution in [0.2, 0.25) is 0 Å². The second-order valence-electron chi connectivity index (χ2n) is 7.14. The Morgan fingerprint density at radius 3 is 2.62 bits per heavy atom. The topological polar surface area (TPSA) is 62.3 Å². The molecule has 1 aromatic carbocycles. The standard InChI is InChI=1S/C20H23N3O2S/c24-18-12-15(13-23(18)17-4-2-1-3-5-17)19(25)22-16-8-6-14(7-9-16)20-21-10-11-26-20/h6-11,15,17H,1-5,12-13H2,(H,22,25). The van der Waals surface area contributed by atoms with E-state index < -0.39 is 0 Å². The van der Waals surface area contributed by atoms with Crippen LogP contribution in [-0.2, 0) is 9.59 Å². The van der Waals surface area contributed by atoms with Crippen LogP contribution in [-0.4, -0.2) is 34.3 Å². The Hall–Kier alpha value is -2.21. The highest BCUT2D eigenvalue weighted by Crippen LogP contribution is 2.29. The lowest BCUT2D eigenvalue weighted by Gasteiger charge is -2.31. The van der Waals surface area contributed by atoms with E-state index in [9.17, 15) is 9.59 Å². The van der Waals surface area contributed by atoms with Crippen molar-refractivity contribution in [2.75, 3.05) is 11.9 Å². The van der Waals surface area contributed by atoms with Crippen molar-refractivity contribution < 1.29 is 9.59 Å². The summed E-state index contributed by atoms with van der Waals surface area (Å²) in [6, 6.07) is 8.05. The Morgan fingerprint density at radius 2 is 1.92 bits per heavy atom. The summed E-state index contributed by atoms with van der Waals surface area (Å²) in [6.07, 6.45) is 7.92. The van der Waals surface area contributed by atoms with Gasteiger partial charge >= 0.3 is 0 Å². The SMILES string of the molecule is O=C(Nc1ccc(-c2nccs2)cc1)C1CC(=O)N(C2CCCCC2)C1. The number of amides is 2. The number of hydrogen-bond acceptors (Lipinski definition) is 4. The number of nitrogens with one attached hydrogen (secondary N) is 1. The summed E-state index contributed by atoms with van der Waals surface area (Å²) < 4.78 is 0. The van der Waals surface area contributed by atoms with Gasteiger partial charge in [-0.1, -0.05) is 19.3 Å². The van der Waals surface area contributed by atoms with Gasteiger partial charge in [0.15, 0.2) is 0 Å². The normalized spacial score (nSPS) is 21.2. The number of likely N-dealkylation sites (tertiary alicyclic amines) is 1. The highest BCUT2D eigenvalue weighted by molar-refractivity contribution is 7.13. The van der Waals surface area contributed by atoms with Crippen molar-refractivity contribution in [2.24, 2.45) is 5.92 Å². The predicted molar refractivity (Wildman–Crippen MR) is 103 cm³/mol. The third-order valence-electron chi connectivity index (χ3n) is 5.38. The summed E-state index contributed by atoms with van der Waals surface area (Å²) in [7, 11) is 0. The molecule has 0 bridgehead atoms. The quantitative estimate of drug-likeness (QED) is 0.888. The van der Waals surface area contributed by atoms with Crippen molar-refractivity contribution in [3.05, 3.63) is 35.8 Å². The van der Waals surface area contributed by atoms with Gasteiger partial charge in [0, 0.05) is 41.8 Å². The fraction of sp³-hybridized carbons (Fsp3) is 0.450. The van der Waals surface area contributed by atoms with Crippen molar-refractivity contribution >= 4 is 28.8 Å². The zero-order valence-corrected chi connectivity index (χ0v) is 15.5. The third kappa shape index (κ3) is 3.65. The van der Waals surface area contributed by atoms with E-state index in [4.69, 9.17) is 0 Å². The molecule has 0 radical (unpaired) electrons. The fourth-order valence-corrected chi connectivity index (χ4v) is 4.60. The van der Waals surface area contributed by atoms with E-state index in [0.717, 1.165) is 29.1 Å². The smallest absolute Gasteiger partial charge is 0.229 e. The average Bonchev–Trinajstić information content (AvgIpc) is 3.33. The summed E-state index contributed by atoms with van der Waals surface area (Å²) in [4.78, 5) is 31.2. The molecule has 1 saturated heterocycles. The maximum Gasteiger partial charge on any atom is 0.229 e. The number of rotatable bonds is 4. The minimum atomic E-state index is -0.247. The first-order valence-corrected chi connectivity index (χ1v) is 10.2. The van der Waals surface area contributed by atoms with Gasteiger partial charge in [0.1, 0.15) is 5.01 Å². The molecule has 1 N–H and O–H groups in total. The van der Waals surface area contributed by atoms with Crippen molar-refractivity contribution in [3.63, 3.8) is 0 Å². The van der Waals surface area contributed by atoms with E-state index in [2.05, 4.69) is 10.3 Å². The first kappa shape index (κ1) is 17.2. The van der Waals surface area contributed by atoms with E-state index >= 15 is 0 Å². The molecule has 1 saturated carbocycles. The molecule has 5 nitrogen and oxygen atoms in total. The zero-order valence-electron chi connectivity index (χ0n) is 14.7. The number of carbonyl (C=O) groups excluding carboxylic acids is 2. The second-order valence-corrected chi connectivity index (χ2v) is 8.04. The molecule has 1 aliphatic carbocycles. The number of carbonyl (C=O) groups is 2. The molecule has 136 valence electrons. The summed E-state index contributed by atoms with van der Waals surface area (Å²) in [5.41, 5.74) is 1.80. The Balaban J connectivity index is 1.37. The van der Waals surface area contributed by atoms with Crippen molar-refractivity contribution in [2.45, 2.75) is 44.6 Å². The van der Waals surface area contributed by atoms with Crippen LogP contribution in [0.15, 0.2) is 35.8 Å². The van der Waals surface area contributed by atoms with Crippen molar-refractivity contribution in [1.29, 1.82) is 0 Å². The first-order valence-electron chi connectivity index (χ1n) is 9.31. The van der Waals surface area contributed by atoms with Gasteiger partial charge in [-0.2, -0.15) is 0 Å². The number of hydrogen-bond donors (Lipinski definition) is 1. The van der Waals surface area contributed by atoms with E-state index in [1.54, 1.807) is 17.5 Å². The maximum absolute atomic E-state index is 12.6. The van der Waals surface area contributed by atoms with Crippen LogP contribution in [0.3, 0.4) is 0 Å². The lowest BCUT2D eigenvalue weighted by atomic mass is 9.94. The van der Waals surface area contributed by atoms with Crippen LogP contribution in [0.4, 0.5) is 5.69 Å². The number of thiazole rings is 1. The Morgan fingerprint density at radius 1 is 1.15 bits per heavy atom. The average molecular weight is 369 g/mol. The largest absolute Gasteiger partial charge is 0.339 e. The van der Waals surface area contributed by atoms with Crippen LogP contribution in [0, 0.1) is 5.92 Å². The second kappa shape index (κ2) is 7.58. The minimum absolute atomic E-state index is 0.0568. The van der Waals surface area contributed by atoms with E-state index in [1.807, 2.05) is 34.5 Å². The summed E-state index contributed by atoms with van der Waals surface area (Å²) in [5.74, 6) is -0.169. The maximum atomic E-state index is 12.6. The van der Waals surface area contributed by atoms with Crippen LogP contribution < -0.4 is 5.32 Å². The molecule has 2 heterocycles. The molecule has 26 heavy (non-hydrogen) atoms. The molecule has 1 aliphatic heterocycles. The molecule has 4 rings (SSSR count). The number of anilines is 1. The zero-order chi connectivity index (χ0) is 17.9. The summed E-state index contributed by atoms with van der Waals surface area (Å²) >= 11 is 1.59. The van der Waals surface area contributed by atoms with Gasteiger partial charge in [-0.15, -0.1) is 11.3 Å². The molecule has 2 amide bonds. The molecule has 2 fully saturated rings. The molecular formula is C20H23N3O2S. The highest BCUT2D eigenvalue weighted by Gasteiger charge is 2.38. The molecule has 1 atom stereocenters. The highest BCUT2D eigenvalue weighted by atomic mass is 32.1. The van der Waals surface area contributed by atoms with Gasteiger partial charge in [-0.05, 0) is 37.1 Å². The first-order chi connectivity index (χ1) is 12.7.